The number of benzene rings is 1. The monoisotopic (exact) mass is 210 g/mol. The first-order chi connectivity index (χ1) is 7.24. The fraction of sp³-hybridized carbons (Fsp3) is 0.400. The van der Waals surface area contributed by atoms with Gasteiger partial charge in [-0.2, -0.15) is 0 Å². The van der Waals surface area contributed by atoms with E-state index in [0.29, 0.717) is 19.8 Å². The standard InChI is InChI=1S/C10H14N2O3/c11-6-1-7-15-8-9-2-4-10(5-3-9)12(13)14/h2-5H,1,6-8,11H2. The highest BCUT2D eigenvalue weighted by atomic mass is 16.6. The smallest absolute Gasteiger partial charge is 0.269 e. The first kappa shape index (κ1) is 11.6. The summed E-state index contributed by atoms with van der Waals surface area (Å²) in [5.41, 5.74) is 6.33. The molecule has 0 aliphatic carbocycles. The lowest BCUT2D eigenvalue weighted by molar-refractivity contribution is -0.384. The molecule has 15 heavy (non-hydrogen) atoms. The van der Waals surface area contributed by atoms with E-state index >= 15 is 0 Å². The van der Waals surface area contributed by atoms with Crippen molar-refractivity contribution in [1.82, 2.24) is 0 Å². The van der Waals surface area contributed by atoms with Crippen LogP contribution in [0, 0.1) is 10.1 Å². The predicted molar refractivity (Wildman–Crippen MR) is 56.4 cm³/mol. The molecule has 0 spiro atoms. The van der Waals surface area contributed by atoms with E-state index in [0.717, 1.165) is 12.0 Å². The van der Waals surface area contributed by atoms with Crippen molar-refractivity contribution in [2.45, 2.75) is 13.0 Å². The van der Waals surface area contributed by atoms with Gasteiger partial charge in [0.05, 0.1) is 11.5 Å². The van der Waals surface area contributed by atoms with Crippen molar-refractivity contribution in [2.24, 2.45) is 5.73 Å². The number of hydrogen-bond donors (Lipinski definition) is 1. The van der Waals surface area contributed by atoms with Crippen LogP contribution in [-0.4, -0.2) is 18.1 Å². The zero-order chi connectivity index (χ0) is 11.1. The summed E-state index contributed by atoms with van der Waals surface area (Å²) in [7, 11) is 0. The van der Waals surface area contributed by atoms with Crippen LogP contribution in [0.2, 0.25) is 0 Å². The third kappa shape index (κ3) is 4.05. The Balaban J connectivity index is 2.39. The van der Waals surface area contributed by atoms with Crippen molar-refractivity contribution in [3.8, 4) is 0 Å². The molecule has 0 heterocycles. The Hall–Kier alpha value is -1.46. The molecule has 0 aliphatic heterocycles. The van der Waals surface area contributed by atoms with Crippen LogP contribution < -0.4 is 5.73 Å². The maximum Gasteiger partial charge on any atom is 0.269 e. The molecule has 0 saturated heterocycles. The molecule has 0 saturated carbocycles. The van der Waals surface area contributed by atoms with Gasteiger partial charge in [-0.1, -0.05) is 0 Å². The molecular formula is C10H14N2O3. The highest BCUT2D eigenvalue weighted by molar-refractivity contribution is 5.32. The van der Waals surface area contributed by atoms with Gasteiger partial charge in [-0.05, 0) is 30.7 Å². The molecule has 0 bridgehead atoms. The molecule has 1 aromatic carbocycles. The van der Waals surface area contributed by atoms with E-state index in [2.05, 4.69) is 0 Å². The van der Waals surface area contributed by atoms with Gasteiger partial charge in [0.15, 0.2) is 0 Å². The summed E-state index contributed by atoms with van der Waals surface area (Å²) in [6.07, 6.45) is 0.826. The first-order valence-corrected chi connectivity index (χ1v) is 4.75. The van der Waals surface area contributed by atoms with Gasteiger partial charge in [0.1, 0.15) is 0 Å². The van der Waals surface area contributed by atoms with Crippen LogP contribution >= 0.6 is 0 Å². The van der Waals surface area contributed by atoms with Crippen LogP contribution in [0.15, 0.2) is 24.3 Å². The second kappa shape index (κ2) is 6.10. The normalized spacial score (nSPS) is 10.2. The van der Waals surface area contributed by atoms with Gasteiger partial charge in [-0.15, -0.1) is 0 Å². The number of nitro benzene ring substituents is 1. The minimum atomic E-state index is -0.418. The Morgan fingerprint density at radius 3 is 2.53 bits per heavy atom. The summed E-state index contributed by atoms with van der Waals surface area (Å²) in [6, 6.07) is 6.34. The van der Waals surface area contributed by atoms with Crippen molar-refractivity contribution in [1.29, 1.82) is 0 Å². The Morgan fingerprint density at radius 2 is 2.00 bits per heavy atom. The number of ether oxygens (including phenoxy) is 1. The topological polar surface area (TPSA) is 78.4 Å². The summed E-state index contributed by atoms with van der Waals surface area (Å²) in [5, 5.41) is 10.4. The molecule has 1 rings (SSSR count). The molecule has 82 valence electrons. The third-order valence-electron chi connectivity index (χ3n) is 1.91. The second-order valence-corrected chi connectivity index (χ2v) is 3.12. The fourth-order valence-corrected chi connectivity index (χ4v) is 1.09. The molecule has 0 unspecified atom stereocenters. The van der Waals surface area contributed by atoms with Crippen LogP contribution in [0.5, 0.6) is 0 Å². The number of rotatable bonds is 6. The molecular weight excluding hydrogens is 196 g/mol. The molecule has 0 aromatic heterocycles. The molecule has 0 radical (unpaired) electrons. The van der Waals surface area contributed by atoms with Gasteiger partial charge in [-0.25, -0.2) is 0 Å². The largest absolute Gasteiger partial charge is 0.377 e. The lowest BCUT2D eigenvalue weighted by atomic mass is 10.2. The van der Waals surface area contributed by atoms with Crippen molar-refractivity contribution >= 4 is 5.69 Å². The average molecular weight is 210 g/mol. The highest BCUT2D eigenvalue weighted by Crippen LogP contribution is 2.12. The molecule has 0 atom stereocenters. The molecule has 1 aromatic rings. The number of nitro groups is 1. The van der Waals surface area contributed by atoms with Gasteiger partial charge in [0.2, 0.25) is 0 Å². The van der Waals surface area contributed by atoms with E-state index < -0.39 is 4.92 Å². The summed E-state index contributed by atoms with van der Waals surface area (Å²) < 4.78 is 5.31. The zero-order valence-corrected chi connectivity index (χ0v) is 8.39. The Morgan fingerprint density at radius 1 is 1.33 bits per heavy atom. The maximum absolute atomic E-state index is 10.4. The number of nitrogens with two attached hydrogens (primary N) is 1. The van der Waals surface area contributed by atoms with E-state index in [9.17, 15) is 10.1 Å². The minimum absolute atomic E-state index is 0.0979. The highest BCUT2D eigenvalue weighted by Gasteiger charge is 2.03. The van der Waals surface area contributed by atoms with Crippen molar-refractivity contribution in [2.75, 3.05) is 13.2 Å². The minimum Gasteiger partial charge on any atom is -0.377 e. The molecule has 0 aliphatic rings. The summed E-state index contributed by atoms with van der Waals surface area (Å²) in [6.45, 7) is 1.70. The summed E-state index contributed by atoms with van der Waals surface area (Å²) >= 11 is 0. The summed E-state index contributed by atoms with van der Waals surface area (Å²) in [5.74, 6) is 0. The Bertz CT molecular complexity index is 311. The van der Waals surface area contributed by atoms with E-state index in [1.54, 1.807) is 12.1 Å². The van der Waals surface area contributed by atoms with Crippen molar-refractivity contribution in [3.05, 3.63) is 39.9 Å². The van der Waals surface area contributed by atoms with Crippen LogP contribution in [-0.2, 0) is 11.3 Å². The quantitative estimate of drug-likeness (QED) is 0.438. The van der Waals surface area contributed by atoms with Gasteiger partial charge < -0.3 is 10.5 Å². The van der Waals surface area contributed by atoms with E-state index in [1.807, 2.05) is 0 Å². The third-order valence-corrected chi connectivity index (χ3v) is 1.91. The number of nitrogens with zero attached hydrogens (tertiary/aromatic N) is 1. The van der Waals surface area contributed by atoms with Crippen LogP contribution in [0.25, 0.3) is 0 Å². The zero-order valence-electron chi connectivity index (χ0n) is 8.39. The van der Waals surface area contributed by atoms with Gasteiger partial charge in [-0.3, -0.25) is 10.1 Å². The second-order valence-electron chi connectivity index (χ2n) is 3.12. The van der Waals surface area contributed by atoms with E-state index in [4.69, 9.17) is 10.5 Å². The molecule has 5 heteroatoms. The van der Waals surface area contributed by atoms with Crippen molar-refractivity contribution < 1.29 is 9.66 Å². The van der Waals surface area contributed by atoms with Crippen molar-refractivity contribution in [3.63, 3.8) is 0 Å². The van der Waals surface area contributed by atoms with Gasteiger partial charge in [0, 0.05) is 18.7 Å². The average Bonchev–Trinajstić information content (AvgIpc) is 2.25. The molecule has 2 N–H and O–H groups in total. The Labute approximate surface area is 88.0 Å². The van der Waals surface area contributed by atoms with Crippen LogP contribution in [0.1, 0.15) is 12.0 Å². The van der Waals surface area contributed by atoms with Gasteiger partial charge in [0.25, 0.3) is 5.69 Å². The Kier molecular flexibility index (Phi) is 4.73. The van der Waals surface area contributed by atoms with Gasteiger partial charge >= 0.3 is 0 Å². The first-order valence-electron chi connectivity index (χ1n) is 4.75. The lowest BCUT2D eigenvalue weighted by Crippen LogP contribution is -2.04. The fourth-order valence-electron chi connectivity index (χ4n) is 1.09. The maximum atomic E-state index is 10.4. The lowest BCUT2D eigenvalue weighted by Gasteiger charge is -2.02. The molecule has 0 amide bonds. The molecule has 5 nitrogen and oxygen atoms in total. The SMILES string of the molecule is NCCCOCc1ccc([N+](=O)[O-])cc1. The number of hydrogen-bond acceptors (Lipinski definition) is 4. The van der Waals surface area contributed by atoms with Crippen LogP contribution in [0.4, 0.5) is 5.69 Å². The predicted octanol–water partition coefficient (Wildman–Crippen LogP) is 1.46. The van der Waals surface area contributed by atoms with E-state index in [-0.39, 0.29) is 5.69 Å². The number of non-ortho nitro benzene ring substituents is 1. The van der Waals surface area contributed by atoms with E-state index in [1.165, 1.54) is 12.1 Å². The van der Waals surface area contributed by atoms with Crippen LogP contribution in [0.3, 0.4) is 0 Å². The molecule has 0 fully saturated rings. The summed E-state index contributed by atoms with van der Waals surface area (Å²) in [4.78, 5) is 9.95.